The molecule has 3 N–H and O–H groups in total. The zero-order valence-electron chi connectivity index (χ0n) is 17.6. The minimum Gasteiger partial charge on any atom is -0.368 e. The molecular formula is C23H25N7O2. The van der Waals surface area contributed by atoms with Crippen LogP contribution < -0.4 is 15.6 Å². The monoisotopic (exact) mass is 431 g/mol. The van der Waals surface area contributed by atoms with E-state index in [1.165, 1.54) is 0 Å². The van der Waals surface area contributed by atoms with E-state index in [1.807, 2.05) is 59.5 Å². The fourth-order valence-corrected chi connectivity index (χ4v) is 4.28. The van der Waals surface area contributed by atoms with E-state index in [1.54, 1.807) is 5.01 Å². The quantitative estimate of drug-likeness (QED) is 0.654. The Morgan fingerprint density at radius 3 is 2.53 bits per heavy atom. The van der Waals surface area contributed by atoms with Crippen LogP contribution in [0.25, 0.3) is 11.0 Å². The lowest BCUT2D eigenvalue weighted by molar-refractivity contribution is -0.124. The fraction of sp³-hybridized carbons (Fsp3) is 0.304. The molecule has 1 unspecified atom stereocenters. The second kappa shape index (κ2) is 8.33. The number of aromatic nitrogens is 2. The van der Waals surface area contributed by atoms with Crippen molar-refractivity contribution in [2.45, 2.75) is 18.9 Å². The fourth-order valence-electron chi connectivity index (χ4n) is 4.28. The molecule has 164 valence electrons. The van der Waals surface area contributed by atoms with Gasteiger partial charge in [-0.25, -0.2) is 4.98 Å². The Hall–Kier alpha value is -3.88. The number of rotatable bonds is 4. The standard InChI is InChI=1S/C23H25N7O2/c24-21(31)20-15-19(27-30(20)16-7-2-1-3-8-16)22(32)28-11-6-12-29(14-13-28)23-25-17-9-4-5-10-18(17)26-23/h1-5,7-10,20H,6,11-15H2,(H2,24,31)(H,25,26). The zero-order valence-corrected chi connectivity index (χ0v) is 17.6. The van der Waals surface area contributed by atoms with Crippen LogP contribution in [0.2, 0.25) is 0 Å². The molecule has 3 aromatic rings. The van der Waals surface area contributed by atoms with Gasteiger partial charge in [0.2, 0.25) is 11.9 Å². The van der Waals surface area contributed by atoms with Crippen LogP contribution in [-0.2, 0) is 9.59 Å². The smallest absolute Gasteiger partial charge is 0.270 e. The maximum atomic E-state index is 13.3. The second-order valence-electron chi connectivity index (χ2n) is 8.06. The summed E-state index contributed by atoms with van der Waals surface area (Å²) in [5.41, 5.74) is 8.65. The molecule has 3 heterocycles. The summed E-state index contributed by atoms with van der Waals surface area (Å²) >= 11 is 0. The largest absolute Gasteiger partial charge is 0.368 e. The predicted octanol–water partition coefficient (Wildman–Crippen LogP) is 1.72. The number of nitrogens with one attached hydrogen (secondary N) is 1. The Balaban J connectivity index is 1.30. The average Bonchev–Trinajstić information content (AvgIpc) is 3.37. The number of imidazole rings is 1. The van der Waals surface area contributed by atoms with Gasteiger partial charge in [0.1, 0.15) is 11.8 Å². The number of aromatic amines is 1. The van der Waals surface area contributed by atoms with E-state index in [0.717, 1.165) is 35.6 Å². The number of hydrogen-bond acceptors (Lipinski definition) is 6. The molecule has 0 bridgehead atoms. The number of carbonyl (C=O) groups is 2. The molecule has 0 saturated carbocycles. The number of primary amides is 1. The van der Waals surface area contributed by atoms with Gasteiger partial charge in [-0.2, -0.15) is 5.10 Å². The number of nitrogens with two attached hydrogens (primary N) is 1. The Labute approximate surface area is 185 Å². The van der Waals surface area contributed by atoms with Crippen molar-refractivity contribution in [3.63, 3.8) is 0 Å². The summed E-state index contributed by atoms with van der Waals surface area (Å²) in [6.07, 6.45) is 1.03. The number of carbonyl (C=O) groups excluding carboxylic acids is 2. The van der Waals surface area contributed by atoms with Gasteiger partial charge in [-0.15, -0.1) is 0 Å². The summed E-state index contributed by atoms with van der Waals surface area (Å²) in [6, 6.07) is 16.6. The lowest BCUT2D eigenvalue weighted by Gasteiger charge is -2.21. The molecule has 9 heteroatoms. The van der Waals surface area contributed by atoms with Crippen LogP contribution in [0.3, 0.4) is 0 Å². The summed E-state index contributed by atoms with van der Waals surface area (Å²) < 4.78 is 0. The first-order chi connectivity index (χ1) is 15.6. The van der Waals surface area contributed by atoms with E-state index in [9.17, 15) is 9.59 Å². The van der Waals surface area contributed by atoms with E-state index in [2.05, 4.69) is 20.0 Å². The number of benzene rings is 2. The highest BCUT2D eigenvalue weighted by Crippen LogP contribution is 2.25. The molecule has 9 nitrogen and oxygen atoms in total. The molecule has 0 aliphatic carbocycles. The molecule has 0 radical (unpaired) electrons. The van der Waals surface area contributed by atoms with Crippen molar-refractivity contribution in [2.24, 2.45) is 10.8 Å². The number of fused-ring (bicyclic) bond motifs is 1. The van der Waals surface area contributed by atoms with Crippen molar-refractivity contribution in [3.05, 3.63) is 54.6 Å². The topological polar surface area (TPSA) is 111 Å². The number of anilines is 2. The number of H-pyrrole nitrogens is 1. The van der Waals surface area contributed by atoms with Gasteiger partial charge < -0.3 is 20.5 Å². The number of amides is 2. The summed E-state index contributed by atoms with van der Waals surface area (Å²) in [4.78, 5) is 37.3. The molecule has 1 fully saturated rings. The van der Waals surface area contributed by atoms with Gasteiger partial charge in [0, 0.05) is 32.6 Å². The predicted molar refractivity (Wildman–Crippen MR) is 123 cm³/mol. The Morgan fingerprint density at radius 2 is 1.75 bits per heavy atom. The molecule has 1 aromatic heterocycles. The molecular weight excluding hydrogens is 406 g/mol. The van der Waals surface area contributed by atoms with Gasteiger partial charge in [-0.3, -0.25) is 14.6 Å². The summed E-state index contributed by atoms with van der Waals surface area (Å²) in [7, 11) is 0. The van der Waals surface area contributed by atoms with Crippen LogP contribution in [0.5, 0.6) is 0 Å². The van der Waals surface area contributed by atoms with Crippen molar-refractivity contribution in [3.8, 4) is 0 Å². The van der Waals surface area contributed by atoms with Crippen molar-refractivity contribution < 1.29 is 9.59 Å². The maximum absolute atomic E-state index is 13.3. The first-order valence-electron chi connectivity index (χ1n) is 10.8. The molecule has 1 saturated heterocycles. The van der Waals surface area contributed by atoms with Crippen molar-refractivity contribution in [1.29, 1.82) is 0 Å². The van der Waals surface area contributed by atoms with Gasteiger partial charge in [0.25, 0.3) is 5.91 Å². The summed E-state index contributed by atoms with van der Waals surface area (Å²) in [6.45, 7) is 2.65. The molecule has 2 aliphatic rings. The minimum absolute atomic E-state index is 0.138. The maximum Gasteiger partial charge on any atom is 0.270 e. The molecule has 2 amide bonds. The first kappa shape index (κ1) is 20.0. The van der Waals surface area contributed by atoms with Crippen LogP contribution in [0.1, 0.15) is 12.8 Å². The third-order valence-electron chi connectivity index (χ3n) is 5.97. The molecule has 2 aliphatic heterocycles. The third-order valence-corrected chi connectivity index (χ3v) is 5.97. The van der Waals surface area contributed by atoms with Crippen LogP contribution in [-0.4, -0.2) is 64.6 Å². The Kier molecular flexibility index (Phi) is 5.22. The van der Waals surface area contributed by atoms with Crippen LogP contribution in [0, 0.1) is 0 Å². The normalized spacial score (nSPS) is 19.2. The summed E-state index contributed by atoms with van der Waals surface area (Å²) in [5, 5.41) is 6.06. The van der Waals surface area contributed by atoms with Crippen LogP contribution in [0.4, 0.5) is 11.6 Å². The highest BCUT2D eigenvalue weighted by molar-refractivity contribution is 6.40. The molecule has 1 atom stereocenters. The Morgan fingerprint density at radius 1 is 0.969 bits per heavy atom. The van der Waals surface area contributed by atoms with Gasteiger partial charge in [0.15, 0.2) is 0 Å². The Bertz CT molecular complexity index is 1140. The SMILES string of the molecule is NC(=O)C1CC(C(=O)N2CCCN(c3nc4ccccc4[nH]3)CC2)=NN1c1ccccc1. The molecule has 2 aromatic carbocycles. The van der Waals surface area contributed by atoms with Crippen LogP contribution >= 0.6 is 0 Å². The molecule has 32 heavy (non-hydrogen) atoms. The van der Waals surface area contributed by atoms with Crippen molar-refractivity contribution in [1.82, 2.24) is 14.9 Å². The van der Waals surface area contributed by atoms with Gasteiger partial charge in [-0.1, -0.05) is 30.3 Å². The second-order valence-corrected chi connectivity index (χ2v) is 8.06. The first-order valence-corrected chi connectivity index (χ1v) is 10.8. The summed E-state index contributed by atoms with van der Waals surface area (Å²) in [5.74, 6) is 0.191. The highest BCUT2D eigenvalue weighted by atomic mass is 16.2. The van der Waals surface area contributed by atoms with Crippen molar-refractivity contribution >= 4 is 40.2 Å². The molecule has 0 spiro atoms. The minimum atomic E-state index is -0.657. The molecule has 5 rings (SSSR count). The van der Waals surface area contributed by atoms with E-state index in [4.69, 9.17) is 5.73 Å². The van der Waals surface area contributed by atoms with E-state index < -0.39 is 11.9 Å². The lowest BCUT2D eigenvalue weighted by Crippen LogP contribution is -2.41. The van der Waals surface area contributed by atoms with E-state index in [-0.39, 0.29) is 12.3 Å². The number of para-hydroxylation sites is 3. The average molecular weight is 432 g/mol. The van der Waals surface area contributed by atoms with Gasteiger partial charge in [0.05, 0.1) is 16.7 Å². The third kappa shape index (κ3) is 3.77. The van der Waals surface area contributed by atoms with Crippen molar-refractivity contribution in [2.75, 3.05) is 36.1 Å². The lowest BCUT2D eigenvalue weighted by atomic mass is 10.1. The number of hydrazone groups is 1. The number of hydrogen-bond donors (Lipinski definition) is 2. The highest BCUT2D eigenvalue weighted by Gasteiger charge is 2.36. The van der Waals surface area contributed by atoms with Gasteiger partial charge in [-0.05, 0) is 30.7 Å². The number of nitrogens with zero attached hydrogens (tertiary/aromatic N) is 5. The van der Waals surface area contributed by atoms with Gasteiger partial charge >= 0.3 is 0 Å². The van der Waals surface area contributed by atoms with E-state index in [0.29, 0.717) is 25.3 Å². The van der Waals surface area contributed by atoms with Crippen LogP contribution in [0.15, 0.2) is 59.7 Å². The van der Waals surface area contributed by atoms with E-state index >= 15 is 0 Å². The zero-order chi connectivity index (χ0) is 22.1.